The van der Waals surface area contributed by atoms with Crippen LogP contribution in [0.2, 0.25) is 0 Å². The minimum Gasteiger partial charge on any atom is -0.464 e. The normalized spacial score (nSPS) is 10.5. The second kappa shape index (κ2) is 7.72. The number of methoxy groups -OCH3 is 1. The van der Waals surface area contributed by atoms with E-state index in [4.69, 9.17) is 10.5 Å². The number of amides is 1. The third-order valence-electron chi connectivity index (χ3n) is 3.78. The summed E-state index contributed by atoms with van der Waals surface area (Å²) in [5, 5.41) is 12.0. The number of carbonyl (C=O) groups excluding carboxylic acids is 2. The molecule has 0 radical (unpaired) electrons. The van der Waals surface area contributed by atoms with E-state index in [2.05, 4.69) is 5.32 Å². The van der Waals surface area contributed by atoms with E-state index in [0.29, 0.717) is 11.4 Å². The Morgan fingerprint density at radius 3 is 2.65 bits per heavy atom. The molecule has 1 heterocycles. The molecule has 0 unspecified atom stereocenters. The molecule has 3 N–H and O–H groups in total. The van der Waals surface area contributed by atoms with E-state index >= 15 is 0 Å². The van der Waals surface area contributed by atoms with Crippen molar-refractivity contribution in [2.75, 3.05) is 38.8 Å². The summed E-state index contributed by atoms with van der Waals surface area (Å²) in [7, 11) is 4.85. The highest BCUT2D eigenvalue weighted by molar-refractivity contribution is 5.96. The van der Waals surface area contributed by atoms with Crippen LogP contribution in [0.15, 0.2) is 24.4 Å². The minimum absolute atomic E-state index is 0.0538. The first kappa shape index (κ1) is 19.0. The van der Waals surface area contributed by atoms with E-state index in [1.807, 2.05) is 19.1 Å². The van der Waals surface area contributed by atoms with E-state index in [-0.39, 0.29) is 29.4 Å². The van der Waals surface area contributed by atoms with Crippen molar-refractivity contribution in [2.45, 2.75) is 6.92 Å². The Balaban J connectivity index is 2.50. The van der Waals surface area contributed by atoms with Gasteiger partial charge in [-0.25, -0.2) is 4.79 Å². The van der Waals surface area contributed by atoms with Gasteiger partial charge in [0.1, 0.15) is 6.07 Å². The summed E-state index contributed by atoms with van der Waals surface area (Å²) in [5.74, 6) is -0.809. The maximum atomic E-state index is 12.1. The number of esters is 1. The molecule has 2 aromatic rings. The lowest BCUT2D eigenvalue weighted by Crippen LogP contribution is -2.27. The average Bonchev–Trinajstić information content (AvgIpc) is 2.92. The number of nitrogens with two attached hydrogens (primary N) is 1. The number of aryl methyl sites for hydroxylation is 1. The molecule has 0 fully saturated rings. The highest BCUT2D eigenvalue weighted by atomic mass is 16.5. The van der Waals surface area contributed by atoms with Gasteiger partial charge in [0.15, 0.2) is 5.69 Å². The number of rotatable bonds is 5. The van der Waals surface area contributed by atoms with Crippen molar-refractivity contribution in [3.63, 3.8) is 0 Å². The lowest BCUT2D eigenvalue weighted by Gasteiger charge is -2.14. The van der Waals surface area contributed by atoms with Crippen molar-refractivity contribution in [1.29, 1.82) is 5.26 Å². The Bertz CT molecular complexity index is 893. The third kappa shape index (κ3) is 3.84. The van der Waals surface area contributed by atoms with Gasteiger partial charge in [-0.2, -0.15) is 5.26 Å². The van der Waals surface area contributed by atoms with Gasteiger partial charge in [-0.1, -0.05) is 6.07 Å². The first-order valence-electron chi connectivity index (χ1n) is 7.83. The Labute approximate surface area is 151 Å². The van der Waals surface area contributed by atoms with Gasteiger partial charge in [0, 0.05) is 17.6 Å². The smallest absolute Gasteiger partial charge is 0.357 e. The van der Waals surface area contributed by atoms with Gasteiger partial charge in [-0.05, 0) is 38.7 Å². The molecule has 8 nitrogen and oxygen atoms in total. The van der Waals surface area contributed by atoms with Gasteiger partial charge in [-0.3, -0.25) is 4.79 Å². The zero-order valence-corrected chi connectivity index (χ0v) is 15.2. The molecule has 0 spiro atoms. The van der Waals surface area contributed by atoms with Gasteiger partial charge in [0.25, 0.3) is 0 Å². The standard InChI is InChI=1S/C18H21N5O3/c1-11-5-6-13(7-14(11)21-15(24)10-22(2)3)23-9-12(8-19)16(20)17(23)18(25)26-4/h5-7,9H,10,20H2,1-4H3,(H,21,24). The molecule has 26 heavy (non-hydrogen) atoms. The van der Waals surface area contributed by atoms with Gasteiger partial charge in [0.05, 0.1) is 24.9 Å². The molecule has 136 valence electrons. The van der Waals surface area contributed by atoms with E-state index in [1.165, 1.54) is 17.9 Å². The Kier molecular flexibility index (Phi) is 5.64. The van der Waals surface area contributed by atoms with Crippen LogP contribution in [-0.4, -0.2) is 49.1 Å². The van der Waals surface area contributed by atoms with Gasteiger partial charge >= 0.3 is 5.97 Å². The number of carbonyl (C=O) groups is 2. The monoisotopic (exact) mass is 355 g/mol. The van der Waals surface area contributed by atoms with Crippen LogP contribution in [0.1, 0.15) is 21.6 Å². The summed E-state index contributed by atoms with van der Waals surface area (Å²) in [5.41, 5.74) is 8.25. The molecule has 0 aliphatic heterocycles. The summed E-state index contributed by atoms with van der Waals surface area (Å²) >= 11 is 0. The van der Waals surface area contributed by atoms with Crippen LogP contribution in [0.4, 0.5) is 11.4 Å². The second-order valence-corrected chi connectivity index (χ2v) is 6.06. The zero-order valence-electron chi connectivity index (χ0n) is 15.2. The maximum absolute atomic E-state index is 12.1. The SMILES string of the molecule is COC(=O)c1c(N)c(C#N)cn1-c1ccc(C)c(NC(=O)CN(C)C)c1. The number of anilines is 2. The fraction of sp³-hybridized carbons (Fsp3) is 0.278. The van der Waals surface area contributed by atoms with Crippen molar-refractivity contribution in [2.24, 2.45) is 0 Å². The molecule has 1 aromatic carbocycles. The second-order valence-electron chi connectivity index (χ2n) is 6.06. The van der Waals surface area contributed by atoms with Gasteiger partial charge < -0.3 is 25.3 Å². The number of nitriles is 1. The topological polar surface area (TPSA) is 113 Å². The van der Waals surface area contributed by atoms with Gasteiger partial charge in [0.2, 0.25) is 5.91 Å². The summed E-state index contributed by atoms with van der Waals surface area (Å²) < 4.78 is 6.26. The molecule has 0 aliphatic rings. The fourth-order valence-electron chi connectivity index (χ4n) is 2.49. The number of nitrogen functional groups attached to an aromatic ring is 1. The zero-order chi connectivity index (χ0) is 19.4. The first-order valence-corrected chi connectivity index (χ1v) is 7.83. The molecule has 1 aromatic heterocycles. The van der Waals surface area contributed by atoms with Crippen molar-refractivity contribution < 1.29 is 14.3 Å². The van der Waals surface area contributed by atoms with Crippen LogP contribution >= 0.6 is 0 Å². The molecule has 0 bridgehead atoms. The number of ether oxygens (including phenoxy) is 1. The van der Waals surface area contributed by atoms with Crippen LogP contribution in [0, 0.1) is 18.3 Å². The number of aromatic nitrogens is 1. The lowest BCUT2D eigenvalue weighted by atomic mass is 10.1. The molecule has 1 amide bonds. The number of nitrogens with one attached hydrogen (secondary N) is 1. The van der Waals surface area contributed by atoms with Crippen LogP contribution in [0.25, 0.3) is 5.69 Å². The largest absolute Gasteiger partial charge is 0.464 e. The van der Waals surface area contributed by atoms with E-state index in [0.717, 1.165) is 5.56 Å². The first-order chi connectivity index (χ1) is 12.3. The van der Waals surface area contributed by atoms with Crippen LogP contribution < -0.4 is 11.1 Å². The third-order valence-corrected chi connectivity index (χ3v) is 3.78. The molecule has 8 heteroatoms. The van der Waals surface area contributed by atoms with Crippen LogP contribution in [-0.2, 0) is 9.53 Å². The molecule has 0 saturated heterocycles. The summed E-state index contributed by atoms with van der Waals surface area (Å²) in [4.78, 5) is 25.9. The summed E-state index contributed by atoms with van der Waals surface area (Å²) in [6.45, 7) is 2.10. The number of hydrogen-bond acceptors (Lipinski definition) is 6. The number of benzene rings is 1. The number of hydrogen-bond donors (Lipinski definition) is 2. The Hall–Kier alpha value is -3.31. The van der Waals surface area contributed by atoms with Gasteiger partial charge in [-0.15, -0.1) is 0 Å². The quantitative estimate of drug-likeness (QED) is 0.786. The molecule has 0 atom stereocenters. The molecule has 0 aliphatic carbocycles. The highest BCUT2D eigenvalue weighted by Gasteiger charge is 2.22. The summed E-state index contributed by atoms with van der Waals surface area (Å²) in [6.07, 6.45) is 1.47. The van der Waals surface area contributed by atoms with E-state index < -0.39 is 5.97 Å². The van der Waals surface area contributed by atoms with E-state index in [9.17, 15) is 14.9 Å². The van der Waals surface area contributed by atoms with Crippen molar-refractivity contribution in [1.82, 2.24) is 9.47 Å². The number of likely N-dealkylation sites (N-methyl/N-ethyl adjacent to an activating group) is 1. The summed E-state index contributed by atoms with van der Waals surface area (Å²) in [6, 6.07) is 7.25. The van der Waals surface area contributed by atoms with Crippen molar-refractivity contribution in [3.05, 3.63) is 41.2 Å². The van der Waals surface area contributed by atoms with E-state index in [1.54, 1.807) is 31.1 Å². The van der Waals surface area contributed by atoms with Crippen molar-refractivity contribution >= 4 is 23.3 Å². The predicted octanol–water partition coefficient (Wildman–Crippen LogP) is 1.53. The molecular formula is C18H21N5O3. The Morgan fingerprint density at radius 1 is 1.38 bits per heavy atom. The Morgan fingerprint density at radius 2 is 2.08 bits per heavy atom. The number of nitrogens with zero attached hydrogens (tertiary/aromatic N) is 3. The minimum atomic E-state index is -0.650. The lowest BCUT2D eigenvalue weighted by molar-refractivity contribution is -0.116. The molecule has 0 saturated carbocycles. The van der Waals surface area contributed by atoms with Crippen molar-refractivity contribution in [3.8, 4) is 11.8 Å². The van der Waals surface area contributed by atoms with Crippen LogP contribution in [0.3, 0.4) is 0 Å². The maximum Gasteiger partial charge on any atom is 0.357 e. The average molecular weight is 355 g/mol. The fourth-order valence-corrected chi connectivity index (χ4v) is 2.49. The highest BCUT2D eigenvalue weighted by Crippen LogP contribution is 2.27. The predicted molar refractivity (Wildman–Crippen MR) is 98.2 cm³/mol. The molecule has 2 rings (SSSR count). The van der Waals surface area contributed by atoms with Crippen LogP contribution in [0.5, 0.6) is 0 Å². The molecular weight excluding hydrogens is 334 g/mol.